The quantitative estimate of drug-likeness (QED) is 0.612. The zero-order chi connectivity index (χ0) is 21.3. The summed E-state index contributed by atoms with van der Waals surface area (Å²) in [7, 11) is 0. The van der Waals surface area contributed by atoms with E-state index in [0.29, 0.717) is 36.4 Å². The van der Waals surface area contributed by atoms with E-state index in [2.05, 4.69) is 13.8 Å². The van der Waals surface area contributed by atoms with Crippen molar-refractivity contribution in [3.63, 3.8) is 0 Å². The van der Waals surface area contributed by atoms with Crippen LogP contribution in [0.5, 0.6) is 0 Å². The molecule has 5 heteroatoms. The Balaban J connectivity index is 1.47. The number of rotatable bonds is 3. The molecule has 5 nitrogen and oxygen atoms in total. The van der Waals surface area contributed by atoms with Crippen LogP contribution in [0, 0.1) is 34.5 Å². The maximum atomic E-state index is 12.3. The molecule has 1 aliphatic heterocycles. The first-order chi connectivity index (χ1) is 14.2. The van der Waals surface area contributed by atoms with E-state index in [4.69, 9.17) is 4.74 Å². The number of carbonyl (C=O) groups is 1. The zero-order valence-corrected chi connectivity index (χ0v) is 18.5. The Labute approximate surface area is 179 Å². The maximum absolute atomic E-state index is 12.3. The van der Waals surface area contributed by atoms with Gasteiger partial charge >= 0.3 is 5.97 Å². The number of aliphatic hydroxyl groups is 3. The van der Waals surface area contributed by atoms with Gasteiger partial charge in [0.1, 0.15) is 6.61 Å². The Hall–Kier alpha value is -0.910. The Morgan fingerprint density at radius 1 is 1.03 bits per heavy atom. The minimum Gasteiger partial charge on any atom is -0.458 e. The lowest BCUT2D eigenvalue weighted by atomic mass is 9.43. The molecule has 4 fully saturated rings. The Kier molecular flexibility index (Phi) is 4.92. The number of fused-ring (bicyclic) bond motifs is 5. The summed E-state index contributed by atoms with van der Waals surface area (Å²) < 4.78 is 5.37. The highest BCUT2D eigenvalue weighted by Gasteiger charge is 2.67. The summed E-state index contributed by atoms with van der Waals surface area (Å²) in [5.41, 5.74) is 0.993. The molecule has 1 heterocycles. The van der Waals surface area contributed by atoms with Crippen LogP contribution in [0.2, 0.25) is 0 Å². The molecule has 0 amide bonds. The molecular weight excluding hydrogens is 380 g/mol. The molecule has 4 aliphatic carbocycles. The van der Waals surface area contributed by atoms with E-state index in [9.17, 15) is 20.1 Å². The summed E-state index contributed by atoms with van der Waals surface area (Å²) >= 11 is 0. The second-order valence-electron chi connectivity index (χ2n) is 11.4. The molecule has 0 aromatic carbocycles. The van der Waals surface area contributed by atoms with Crippen molar-refractivity contribution in [3.05, 3.63) is 11.1 Å². The highest BCUT2D eigenvalue weighted by molar-refractivity contribution is 5.92. The molecule has 4 saturated carbocycles. The number of aliphatic hydroxyl groups excluding tert-OH is 2. The normalized spacial score (nSPS) is 50.7. The minimum absolute atomic E-state index is 0.0437. The molecule has 30 heavy (non-hydrogen) atoms. The molecule has 0 aromatic heterocycles. The molecule has 0 spiro atoms. The second kappa shape index (κ2) is 7.05. The van der Waals surface area contributed by atoms with Crippen LogP contribution < -0.4 is 0 Å². The van der Waals surface area contributed by atoms with Crippen molar-refractivity contribution >= 4 is 5.97 Å². The summed E-state index contributed by atoms with van der Waals surface area (Å²) in [5, 5.41) is 32.0. The van der Waals surface area contributed by atoms with Gasteiger partial charge in [-0.05, 0) is 92.4 Å². The van der Waals surface area contributed by atoms with Crippen molar-refractivity contribution in [1.29, 1.82) is 0 Å². The molecule has 1 unspecified atom stereocenters. The highest BCUT2D eigenvalue weighted by atomic mass is 16.5. The summed E-state index contributed by atoms with van der Waals surface area (Å²) in [6, 6.07) is 0. The van der Waals surface area contributed by atoms with E-state index >= 15 is 0 Å². The minimum atomic E-state index is -0.701. The zero-order valence-electron chi connectivity index (χ0n) is 18.5. The Bertz CT molecular complexity index is 761. The average molecular weight is 419 g/mol. The fourth-order valence-corrected chi connectivity index (χ4v) is 8.89. The van der Waals surface area contributed by atoms with Crippen molar-refractivity contribution in [3.8, 4) is 0 Å². The van der Waals surface area contributed by atoms with Crippen molar-refractivity contribution in [2.45, 2.75) is 89.8 Å². The van der Waals surface area contributed by atoms with Crippen molar-refractivity contribution in [2.75, 3.05) is 13.2 Å². The fourth-order valence-electron chi connectivity index (χ4n) is 8.89. The van der Waals surface area contributed by atoms with Crippen LogP contribution in [0.4, 0.5) is 0 Å². The predicted octanol–water partition coefficient (Wildman–Crippen LogP) is 3.36. The van der Waals surface area contributed by atoms with Gasteiger partial charge in [-0.25, -0.2) is 4.79 Å². The van der Waals surface area contributed by atoms with E-state index < -0.39 is 5.60 Å². The molecule has 0 saturated heterocycles. The molecule has 5 rings (SSSR count). The van der Waals surface area contributed by atoms with Crippen LogP contribution in [0.1, 0.15) is 78.1 Å². The number of hydrogen-bond acceptors (Lipinski definition) is 5. The van der Waals surface area contributed by atoms with Gasteiger partial charge in [-0.1, -0.05) is 13.8 Å². The average Bonchev–Trinajstić information content (AvgIpc) is 3.20. The lowest BCUT2D eigenvalue weighted by Gasteiger charge is -2.63. The smallest absolute Gasteiger partial charge is 0.334 e. The lowest BCUT2D eigenvalue weighted by molar-refractivity contribution is -0.208. The van der Waals surface area contributed by atoms with E-state index in [1.165, 1.54) is 0 Å². The third-order valence-electron chi connectivity index (χ3n) is 10.6. The summed E-state index contributed by atoms with van der Waals surface area (Å²) in [6.45, 7) is 4.98. The third-order valence-corrected chi connectivity index (χ3v) is 10.6. The van der Waals surface area contributed by atoms with Crippen molar-refractivity contribution < 1.29 is 24.9 Å². The Morgan fingerprint density at radius 2 is 1.83 bits per heavy atom. The van der Waals surface area contributed by atoms with Gasteiger partial charge in [0, 0.05) is 24.0 Å². The first kappa shape index (κ1) is 21.0. The van der Waals surface area contributed by atoms with E-state index in [1.807, 2.05) is 0 Å². The van der Waals surface area contributed by atoms with Gasteiger partial charge in [0.15, 0.2) is 0 Å². The fraction of sp³-hybridized carbons (Fsp3) is 0.880. The molecule has 3 N–H and O–H groups in total. The third kappa shape index (κ3) is 2.67. The lowest BCUT2D eigenvalue weighted by Crippen LogP contribution is -2.62. The van der Waals surface area contributed by atoms with Gasteiger partial charge in [0.05, 0.1) is 11.7 Å². The first-order valence-corrected chi connectivity index (χ1v) is 12.1. The molecule has 0 bridgehead atoms. The van der Waals surface area contributed by atoms with Crippen LogP contribution in [0.25, 0.3) is 0 Å². The van der Waals surface area contributed by atoms with Crippen molar-refractivity contribution in [1.82, 2.24) is 0 Å². The largest absolute Gasteiger partial charge is 0.458 e. The van der Waals surface area contributed by atoms with E-state index in [0.717, 1.165) is 63.4 Å². The number of hydrogen-bond donors (Lipinski definition) is 3. The summed E-state index contributed by atoms with van der Waals surface area (Å²) in [6.07, 6.45) is 9.05. The highest BCUT2D eigenvalue weighted by Crippen LogP contribution is 2.70. The number of carbonyl (C=O) groups excluding carboxylic acids is 1. The van der Waals surface area contributed by atoms with Gasteiger partial charge < -0.3 is 20.1 Å². The predicted molar refractivity (Wildman–Crippen MR) is 112 cm³/mol. The van der Waals surface area contributed by atoms with Crippen LogP contribution in [0.3, 0.4) is 0 Å². The number of cyclic esters (lactones) is 1. The Morgan fingerprint density at radius 3 is 2.60 bits per heavy atom. The second-order valence-corrected chi connectivity index (χ2v) is 11.4. The summed E-state index contributed by atoms with van der Waals surface area (Å²) in [5.74, 6) is 1.29. The van der Waals surface area contributed by atoms with Gasteiger partial charge in [-0.3, -0.25) is 0 Å². The van der Waals surface area contributed by atoms with Gasteiger partial charge in [-0.15, -0.1) is 0 Å². The number of esters is 1. The van der Waals surface area contributed by atoms with Crippen LogP contribution in [-0.2, 0) is 9.53 Å². The monoisotopic (exact) mass is 418 g/mol. The number of ether oxygens (including phenoxy) is 1. The molecule has 0 radical (unpaired) electrons. The molecule has 5 aliphatic rings. The van der Waals surface area contributed by atoms with Gasteiger partial charge in [0.25, 0.3) is 0 Å². The molecule has 8 atom stereocenters. The standard InChI is InChI=1S/C25H38O5/c1-23-9-5-16(27)13-15(23)3-4-21-20(23)6-10-24(2)19(7-11-25(21,24)29)18-14-30-22(28)17(18)8-12-26/h15-16,19-21,26-27,29H,3-14H2,1-2H3/t15-,16+,19-,20+,21?,23+,24-,25+/m1/s1. The molecule has 0 aromatic rings. The van der Waals surface area contributed by atoms with Crippen molar-refractivity contribution in [2.24, 2.45) is 34.5 Å². The van der Waals surface area contributed by atoms with Crippen LogP contribution in [0.15, 0.2) is 11.1 Å². The SMILES string of the molecule is C[C@]12CC[C@H](O)C[C@H]1CCC1[C@@H]2CC[C@]2(C)[C@@H](C3=C(CCO)C(=O)OC3)CC[C@]12O. The van der Waals surface area contributed by atoms with E-state index in [-0.39, 0.29) is 35.4 Å². The van der Waals surface area contributed by atoms with Crippen LogP contribution in [-0.4, -0.2) is 46.2 Å². The first-order valence-electron chi connectivity index (χ1n) is 12.1. The summed E-state index contributed by atoms with van der Waals surface area (Å²) in [4.78, 5) is 12.3. The topological polar surface area (TPSA) is 87.0 Å². The molecular formula is C25H38O5. The van der Waals surface area contributed by atoms with E-state index in [1.54, 1.807) is 0 Å². The maximum Gasteiger partial charge on any atom is 0.334 e. The molecule has 168 valence electrons. The van der Waals surface area contributed by atoms with Crippen LogP contribution >= 0.6 is 0 Å². The van der Waals surface area contributed by atoms with Gasteiger partial charge in [-0.2, -0.15) is 0 Å². The van der Waals surface area contributed by atoms with Gasteiger partial charge in [0.2, 0.25) is 0 Å².